The number of rotatable bonds is 5. The maximum Gasteiger partial charge on any atom is 0.0717 e. The van der Waals surface area contributed by atoms with E-state index in [0.29, 0.717) is 12.0 Å². The van der Waals surface area contributed by atoms with E-state index in [-0.39, 0.29) is 6.61 Å². The Morgan fingerprint density at radius 3 is 2.53 bits per heavy atom. The number of aliphatic hydroxyl groups is 1. The van der Waals surface area contributed by atoms with Gasteiger partial charge in [-0.3, -0.25) is 4.98 Å². The number of aryl methyl sites for hydroxylation is 1. The highest BCUT2D eigenvalue weighted by molar-refractivity contribution is 5.53. The summed E-state index contributed by atoms with van der Waals surface area (Å²) in [6.07, 6.45) is 2.91. The number of hydrogen-bond donors (Lipinski definition) is 1. The van der Waals surface area contributed by atoms with E-state index < -0.39 is 0 Å². The summed E-state index contributed by atoms with van der Waals surface area (Å²) in [4.78, 5) is 6.46. The average Bonchev–Trinajstić information content (AvgIpc) is 2.27. The summed E-state index contributed by atoms with van der Waals surface area (Å²) in [5, 5.41) is 9.36. The quantitative estimate of drug-likeness (QED) is 0.854. The van der Waals surface area contributed by atoms with E-state index >= 15 is 0 Å². The average molecular weight is 236 g/mol. The number of hydrogen-bond acceptors (Lipinski definition) is 3. The third kappa shape index (κ3) is 3.70. The molecule has 1 N–H and O–H groups in total. The van der Waals surface area contributed by atoms with Crippen molar-refractivity contribution in [3.8, 4) is 0 Å². The smallest absolute Gasteiger partial charge is 0.0717 e. The molecule has 1 unspecified atom stereocenters. The van der Waals surface area contributed by atoms with E-state index in [0.717, 1.165) is 23.4 Å². The molecule has 1 atom stereocenters. The van der Waals surface area contributed by atoms with Crippen LogP contribution in [-0.2, 0) is 6.61 Å². The van der Waals surface area contributed by atoms with E-state index in [9.17, 15) is 5.11 Å². The Morgan fingerprint density at radius 2 is 2.00 bits per heavy atom. The zero-order valence-electron chi connectivity index (χ0n) is 11.6. The van der Waals surface area contributed by atoms with Crippen molar-refractivity contribution in [3.05, 3.63) is 23.5 Å². The lowest BCUT2D eigenvalue weighted by Gasteiger charge is -2.30. The van der Waals surface area contributed by atoms with E-state index in [1.807, 2.05) is 13.0 Å². The summed E-state index contributed by atoms with van der Waals surface area (Å²) in [7, 11) is 2.08. The van der Waals surface area contributed by atoms with Crippen molar-refractivity contribution >= 4 is 5.69 Å². The van der Waals surface area contributed by atoms with Gasteiger partial charge in [0.1, 0.15) is 0 Å². The van der Waals surface area contributed by atoms with Gasteiger partial charge in [0, 0.05) is 36.2 Å². The first-order chi connectivity index (χ1) is 7.95. The van der Waals surface area contributed by atoms with Crippen molar-refractivity contribution in [3.63, 3.8) is 0 Å². The summed E-state index contributed by atoms with van der Waals surface area (Å²) in [5.41, 5.74) is 2.97. The number of pyridine rings is 1. The van der Waals surface area contributed by atoms with Crippen LogP contribution in [0.3, 0.4) is 0 Å². The van der Waals surface area contributed by atoms with Gasteiger partial charge >= 0.3 is 0 Å². The Balaban J connectivity index is 2.93. The van der Waals surface area contributed by atoms with Gasteiger partial charge in [0.15, 0.2) is 0 Å². The molecule has 96 valence electrons. The number of nitrogens with zero attached hydrogens (tertiary/aromatic N) is 2. The molecular formula is C14H24N2O. The van der Waals surface area contributed by atoms with E-state index in [4.69, 9.17) is 0 Å². The third-order valence-electron chi connectivity index (χ3n) is 3.12. The first kappa shape index (κ1) is 14.0. The molecule has 17 heavy (non-hydrogen) atoms. The maximum atomic E-state index is 9.36. The fourth-order valence-corrected chi connectivity index (χ4v) is 2.10. The van der Waals surface area contributed by atoms with Crippen LogP contribution < -0.4 is 4.90 Å². The predicted octanol–water partition coefficient (Wildman–Crippen LogP) is 2.75. The normalized spacial score (nSPS) is 12.9. The lowest BCUT2D eigenvalue weighted by molar-refractivity contribution is 0.281. The molecule has 0 aliphatic rings. The van der Waals surface area contributed by atoms with Gasteiger partial charge in [-0.1, -0.05) is 13.8 Å². The highest BCUT2D eigenvalue weighted by Crippen LogP contribution is 2.23. The Bertz CT molecular complexity index is 363. The van der Waals surface area contributed by atoms with Gasteiger partial charge < -0.3 is 10.0 Å². The second kappa shape index (κ2) is 6.01. The summed E-state index contributed by atoms with van der Waals surface area (Å²) in [6.45, 7) is 8.70. The Kier molecular flexibility index (Phi) is 4.94. The third-order valence-corrected chi connectivity index (χ3v) is 3.12. The van der Waals surface area contributed by atoms with Gasteiger partial charge in [0.25, 0.3) is 0 Å². The van der Waals surface area contributed by atoms with Crippen LogP contribution in [-0.4, -0.2) is 23.2 Å². The molecular weight excluding hydrogens is 212 g/mol. The molecule has 0 aromatic carbocycles. The fraction of sp³-hybridized carbons (Fsp3) is 0.643. The van der Waals surface area contributed by atoms with Crippen LogP contribution in [0.1, 0.15) is 38.4 Å². The molecule has 0 amide bonds. The number of aliphatic hydroxyl groups excluding tert-OH is 1. The van der Waals surface area contributed by atoms with Crippen LogP contribution in [0, 0.1) is 12.8 Å². The largest absolute Gasteiger partial charge is 0.392 e. The Labute approximate surface area is 104 Å². The SMILES string of the molecule is Cc1cc(N(C)C(C)CC(C)C)c(CO)cn1. The molecule has 0 fully saturated rings. The van der Waals surface area contributed by atoms with Crippen LogP contribution in [0.4, 0.5) is 5.69 Å². The molecule has 3 heteroatoms. The molecule has 0 saturated heterocycles. The standard InChI is InChI=1S/C14H24N2O/c1-10(2)6-12(4)16(5)14-7-11(3)15-8-13(14)9-17/h7-8,10,12,17H,6,9H2,1-5H3. The zero-order chi connectivity index (χ0) is 13.0. The summed E-state index contributed by atoms with van der Waals surface area (Å²) >= 11 is 0. The van der Waals surface area contributed by atoms with Crippen LogP contribution >= 0.6 is 0 Å². The minimum absolute atomic E-state index is 0.0430. The molecule has 0 aliphatic heterocycles. The second-order valence-corrected chi connectivity index (χ2v) is 5.20. The highest BCUT2D eigenvalue weighted by Gasteiger charge is 2.15. The van der Waals surface area contributed by atoms with Crippen molar-refractivity contribution in [1.82, 2.24) is 4.98 Å². The summed E-state index contributed by atoms with van der Waals surface area (Å²) in [5.74, 6) is 0.674. The molecule has 3 nitrogen and oxygen atoms in total. The van der Waals surface area contributed by atoms with Gasteiger partial charge in [-0.15, -0.1) is 0 Å². The van der Waals surface area contributed by atoms with Gasteiger partial charge in [-0.25, -0.2) is 0 Å². The predicted molar refractivity (Wildman–Crippen MR) is 72.2 cm³/mol. The van der Waals surface area contributed by atoms with Crippen molar-refractivity contribution in [2.45, 2.75) is 46.8 Å². The lowest BCUT2D eigenvalue weighted by atomic mass is 10.0. The molecule has 1 aromatic heterocycles. The van der Waals surface area contributed by atoms with Crippen LogP contribution in [0.2, 0.25) is 0 Å². The zero-order valence-corrected chi connectivity index (χ0v) is 11.6. The summed E-state index contributed by atoms with van der Waals surface area (Å²) in [6, 6.07) is 2.50. The van der Waals surface area contributed by atoms with E-state index in [1.54, 1.807) is 6.20 Å². The minimum atomic E-state index is 0.0430. The monoisotopic (exact) mass is 236 g/mol. The Morgan fingerprint density at radius 1 is 1.35 bits per heavy atom. The molecule has 1 heterocycles. The van der Waals surface area contributed by atoms with Gasteiger partial charge in [-0.2, -0.15) is 0 Å². The number of aromatic nitrogens is 1. The molecule has 0 aliphatic carbocycles. The maximum absolute atomic E-state index is 9.36. The molecule has 0 bridgehead atoms. The van der Waals surface area contributed by atoms with Crippen LogP contribution in [0.15, 0.2) is 12.3 Å². The topological polar surface area (TPSA) is 36.4 Å². The van der Waals surface area contributed by atoms with Crippen molar-refractivity contribution < 1.29 is 5.11 Å². The number of anilines is 1. The van der Waals surface area contributed by atoms with Gasteiger partial charge in [0.05, 0.1) is 6.61 Å². The van der Waals surface area contributed by atoms with Gasteiger partial charge in [-0.05, 0) is 32.3 Å². The summed E-state index contributed by atoms with van der Waals surface area (Å²) < 4.78 is 0. The first-order valence-corrected chi connectivity index (χ1v) is 6.25. The van der Waals surface area contributed by atoms with Crippen LogP contribution in [0.5, 0.6) is 0 Å². The minimum Gasteiger partial charge on any atom is -0.392 e. The van der Waals surface area contributed by atoms with Gasteiger partial charge in [0.2, 0.25) is 0 Å². The van der Waals surface area contributed by atoms with Crippen molar-refractivity contribution in [2.24, 2.45) is 5.92 Å². The Hall–Kier alpha value is -1.09. The fourth-order valence-electron chi connectivity index (χ4n) is 2.10. The second-order valence-electron chi connectivity index (χ2n) is 5.20. The molecule has 0 saturated carbocycles. The first-order valence-electron chi connectivity index (χ1n) is 6.25. The lowest BCUT2D eigenvalue weighted by Crippen LogP contribution is -2.31. The highest BCUT2D eigenvalue weighted by atomic mass is 16.3. The van der Waals surface area contributed by atoms with Crippen molar-refractivity contribution in [2.75, 3.05) is 11.9 Å². The van der Waals surface area contributed by atoms with E-state index in [1.165, 1.54) is 0 Å². The molecule has 0 radical (unpaired) electrons. The van der Waals surface area contributed by atoms with Crippen LogP contribution in [0.25, 0.3) is 0 Å². The molecule has 0 spiro atoms. The molecule has 1 rings (SSSR count). The molecule has 1 aromatic rings. The van der Waals surface area contributed by atoms with E-state index in [2.05, 4.69) is 37.7 Å². The van der Waals surface area contributed by atoms with Crippen molar-refractivity contribution in [1.29, 1.82) is 0 Å².